The highest BCUT2D eigenvalue weighted by molar-refractivity contribution is 5.97. The lowest BCUT2D eigenvalue weighted by Crippen LogP contribution is -2.48. The van der Waals surface area contributed by atoms with Gasteiger partial charge in [0, 0.05) is 18.8 Å². The van der Waals surface area contributed by atoms with Gasteiger partial charge in [-0.2, -0.15) is 0 Å². The average molecular weight is 417 g/mol. The molecule has 5 nitrogen and oxygen atoms in total. The minimum absolute atomic E-state index is 0.00213. The number of nitrogens with zero attached hydrogens (tertiary/aromatic N) is 1. The third kappa shape index (κ3) is 6.71. The smallest absolute Gasteiger partial charge is 0.256 e. The largest absolute Gasteiger partial charge is 0.494 e. The first-order chi connectivity index (χ1) is 14.6. The Labute approximate surface area is 182 Å². The van der Waals surface area contributed by atoms with E-state index in [2.05, 4.69) is 24.1 Å². The molecule has 1 aliphatic heterocycles. The summed E-state index contributed by atoms with van der Waals surface area (Å²) in [6, 6.07) is 7.74. The molecule has 0 radical (unpaired) electrons. The van der Waals surface area contributed by atoms with Crippen LogP contribution in [-0.2, 0) is 9.53 Å². The Kier molecular flexibility index (Phi) is 9.01. The standard InChI is InChI=1S/C25H40N2O3/c1-3-18-30-25(14-7-9-21(2)20-25)24(28)26-22-10-12-23(13-11-22)29-19-8-17-27-15-5-4-6-16-27/h10-13,21H,3-9,14-20H2,1-2H3,(H,26,28)/t21-,25-/m1/s1. The van der Waals surface area contributed by atoms with Crippen LogP contribution in [0.15, 0.2) is 24.3 Å². The Morgan fingerprint density at radius 2 is 1.90 bits per heavy atom. The van der Waals surface area contributed by atoms with Gasteiger partial charge >= 0.3 is 0 Å². The van der Waals surface area contributed by atoms with Crippen LogP contribution in [0.25, 0.3) is 0 Å². The zero-order valence-electron chi connectivity index (χ0n) is 19.0. The van der Waals surface area contributed by atoms with E-state index in [9.17, 15) is 4.79 Å². The number of benzene rings is 1. The van der Waals surface area contributed by atoms with E-state index in [0.717, 1.165) is 56.7 Å². The van der Waals surface area contributed by atoms with Crippen LogP contribution >= 0.6 is 0 Å². The summed E-state index contributed by atoms with van der Waals surface area (Å²) in [5.41, 5.74) is 0.121. The van der Waals surface area contributed by atoms with Crippen LogP contribution in [0, 0.1) is 5.92 Å². The van der Waals surface area contributed by atoms with Crippen molar-refractivity contribution in [2.75, 3.05) is 38.2 Å². The maximum atomic E-state index is 13.1. The van der Waals surface area contributed by atoms with Crippen LogP contribution < -0.4 is 10.1 Å². The molecule has 30 heavy (non-hydrogen) atoms. The molecule has 1 saturated heterocycles. The molecule has 0 spiro atoms. The summed E-state index contributed by atoms with van der Waals surface area (Å²) in [7, 11) is 0. The normalized spacial score (nSPS) is 25.1. The average Bonchev–Trinajstić information content (AvgIpc) is 2.77. The van der Waals surface area contributed by atoms with Crippen molar-refractivity contribution in [3.8, 4) is 5.75 Å². The lowest BCUT2D eigenvalue weighted by Gasteiger charge is -2.38. The fourth-order valence-electron chi connectivity index (χ4n) is 4.74. The molecule has 168 valence electrons. The summed E-state index contributed by atoms with van der Waals surface area (Å²) in [6.07, 6.45) is 9.84. The van der Waals surface area contributed by atoms with E-state index in [-0.39, 0.29) is 5.91 Å². The molecule has 1 aliphatic carbocycles. The van der Waals surface area contributed by atoms with Crippen molar-refractivity contribution >= 4 is 11.6 Å². The Balaban J connectivity index is 1.46. The number of hydrogen-bond donors (Lipinski definition) is 1. The molecule has 0 unspecified atom stereocenters. The molecule has 1 aromatic carbocycles. The van der Waals surface area contributed by atoms with E-state index >= 15 is 0 Å². The molecule has 1 amide bonds. The Bertz CT molecular complexity index is 642. The minimum atomic E-state index is -0.683. The lowest BCUT2D eigenvalue weighted by molar-refractivity contribution is -0.148. The van der Waals surface area contributed by atoms with Crippen molar-refractivity contribution in [1.82, 2.24) is 4.90 Å². The molecular formula is C25H40N2O3. The number of amides is 1. The summed E-state index contributed by atoms with van der Waals surface area (Å²) in [4.78, 5) is 15.7. The number of piperidine rings is 1. The van der Waals surface area contributed by atoms with Crippen LogP contribution in [0.3, 0.4) is 0 Å². The second-order valence-corrected chi connectivity index (χ2v) is 9.13. The number of anilines is 1. The summed E-state index contributed by atoms with van der Waals surface area (Å²) in [6.45, 7) is 9.25. The van der Waals surface area contributed by atoms with Gasteiger partial charge in [0.25, 0.3) is 5.91 Å². The Morgan fingerprint density at radius 1 is 1.13 bits per heavy atom. The first-order valence-corrected chi connectivity index (χ1v) is 12.0. The van der Waals surface area contributed by atoms with Crippen LogP contribution in [0.1, 0.15) is 71.6 Å². The predicted octanol–water partition coefficient (Wildman–Crippen LogP) is 5.26. The minimum Gasteiger partial charge on any atom is -0.494 e. The fraction of sp³-hybridized carbons (Fsp3) is 0.720. The number of carbonyl (C=O) groups excluding carboxylic acids is 1. The highest BCUT2D eigenvalue weighted by atomic mass is 16.5. The fourth-order valence-corrected chi connectivity index (χ4v) is 4.74. The summed E-state index contributed by atoms with van der Waals surface area (Å²) in [5.74, 6) is 1.37. The summed E-state index contributed by atoms with van der Waals surface area (Å²) < 4.78 is 12.0. The number of likely N-dealkylation sites (tertiary alicyclic amines) is 1. The Hall–Kier alpha value is -1.59. The first kappa shape index (κ1) is 23.1. The van der Waals surface area contributed by atoms with Gasteiger partial charge in [-0.25, -0.2) is 0 Å². The van der Waals surface area contributed by atoms with E-state index in [1.807, 2.05) is 24.3 Å². The third-order valence-electron chi connectivity index (χ3n) is 6.40. The van der Waals surface area contributed by atoms with Crippen molar-refractivity contribution in [2.24, 2.45) is 5.92 Å². The van der Waals surface area contributed by atoms with Gasteiger partial charge in [-0.3, -0.25) is 4.79 Å². The van der Waals surface area contributed by atoms with Gasteiger partial charge in [0.05, 0.1) is 6.61 Å². The van der Waals surface area contributed by atoms with Crippen LogP contribution in [0.5, 0.6) is 5.75 Å². The lowest BCUT2D eigenvalue weighted by atomic mass is 9.78. The van der Waals surface area contributed by atoms with E-state index in [1.54, 1.807) is 0 Å². The predicted molar refractivity (Wildman–Crippen MR) is 122 cm³/mol. The monoisotopic (exact) mass is 416 g/mol. The molecule has 1 N–H and O–H groups in total. The van der Waals surface area contributed by atoms with Gasteiger partial charge in [0.2, 0.25) is 0 Å². The number of nitrogens with one attached hydrogen (secondary N) is 1. The second kappa shape index (κ2) is 11.7. The van der Waals surface area contributed by atoms with Gasteiger partial charge in [-0.15, -0.1) is 0 Å². The van der Waals surface area contributed by atoms with Gasteiger partial charge < -0.3 is 19.7 Å². The van der Waals surface area contributed by atoms with Crippen LogP contribution in [0.2, 0.25) is 0 Å². The maximum absolute atomic E-state index is 13.1. The number of carbonyl (C=O) groups is 1. The topological polar surface area (TPSA) is 50.8 Å². The van der Waals surface area contributed by atoms with Gasteiger partial charge in [-0.05, 0) is 88.2 Å². The number of hydrogen-bond acceptors (Lipinski definition) is 4. The first-order valence-electron chi connectivity index (χ1n) is 12.0. The van der Waals surface area contributed by atoms with E-state index < -0.39 is 5.60 Å². The maximum Gasteiger partial charge on any atom is 0.256 e. The molecular weight excluding hydrogens is 376 g/mol. The highest BCUT2D eigenvalue weighted by Gasteiger charge is 2.42. The number of rotatable bonds is 10. The third-order valence-corrected chi connectivity index (χ3v) is 6.40. The van der Waals surface area contributed by atoms with Crippen molar-refractivity contribution in [3.05, 3.63) is 24.3 Å². The van der Waals surface area contributed by atoms with E-state index in [1.165, 1.54) is 38.8 Å². The van der Waals surface area contributed by atoms with Crippen molar-refractivity contribution in [2.45, 2.75) is 77.2 Å². The molecule has 2 atom stereocenters. The molecule has 2 aliphatic rings. The summed E-state index contributed by atoms with van der Waals surface area (Å²) in [5, 5.41) is 3.09. The zero-order valence-corrected chi connectivity index (χ0v) is 19.0. The van der Waals surface area contributed by atoms with Crippen molar-refractivity contribution in [1.29, 1.82) is 0 Å². The van der Waals surface area contributed by atoms with Gasteiger partial charge in [-0.1, -0.05) is 26.7 Å². The zero-order chi connectivity index (χ0) is 21.2. The van der Waals surface area contributed by atoms with Gasteiger partial charge in [0.15, 0.2) is 0 Å². The van der Waals surface area contributed by atoms with E-state index in [0.29, 0.717) is 12.5 Å². The van der Waals surface area contributed by atoms with Crippen LogP contribution in [-0.4, -0.2) is 49.3 Å². The molecule has 0 bridgehead atoms. The molecule has 2 fully saturated rings. The molecule has 5 heteroatoms. The molecule has 1 aromatic rings. The SMILES string of the molecule is CCCO[C@]1(C(=O)Nc2ccc(OCCCN3CCCCC3)cc2)CCC[C@@H](C)C1. The summed E-state index contributed by atoms with van der Waals surface area (Å²) >= 11 is 0. The molecule has 0 aromatic heterocycles. The van der Waals surface area contributed by atoms with Gasteiger partial charge in [0.1, 0.15) is 11.4 Å². The molecule has 1 saturated carbocycles. The number of ether oxygens (including phenoxy) is 2. The van der Waals surface area contributed by atoms with Crippen molar-refractivity contribution < 1.29 is 14.3 Å². The second-order valence-electron chi connectivity index (χ2n) is 9.13. The quantitative estimate of drug-likeness (QED) is 0.529. The molecule has 3 rings (SSSR count). The van der Waals surface area contributed by atoms with E-state index in [4.69, 9.17) is 9.47 Å². The van der Waals surface area contributed by atoms with Crippen molar-refractivity contribution in [3.63, 3.8) is 0 Å². The molecule has 1 heterocycles. The Morgan fingerprint density at radius 3 is 2.60 bits per heavy atom. The highest BCUT2D eigenvalue weighted by Crippen LogP contribution is 2.36. The van der Waals surface area contributed by atoms with Crippen LogP contribution in [0.4, 0.5) is 5.69 Å².